The molecule has 1 atom stereocenters. The number of carbonyl (C=O) groups is 1. The maximum absolute atomic E-state index is 12.4. The number of ether oxygens (including phenoxy) is 1. The van der Waals surface area contributed by atoms with Crippen LogP contribution in [0.1, 0.15) is 17.3 Å². The summed E-state index contributed by atoms with van der Waals surface area (Å²) in [6.45, 7) is 3.36. The van der Waals surface area contributed by atoms with Crippen LogP contribution >= 0.6 is 15.9 Å². The zero-order valence-electron chi connectivity index (χ0n) is 10.3. The number of rotatable bonds is 2. The number of carbonyl (C=O) groups excluding carboxylic acids is 1. The number of amides is 1. The van der Waals surface area contributed by atoms with E-state index in [2.05, 4.69) is 15.9 Å². The summed E-state index contributed by atoms with van der Waals surface area (Å²) in [6, 6.07) is 4.43. The molecule has 1 unspecified atom stereocenters. The lowest BCUT2D eigenvalue weighted by molar-refractivity contribution is -0.385. The van der Waals surface area contributed by atoms with Crippen molar-refractivity contribution in [1.29, 1.82) is 0 Å². The molecule has 2 rings (SSSR count). The van der Waals surface area contributed by atoms with Crippen LogP contribution in [-0.2, 0) is 4.74 Å². The Morgan fingerprint density at radius 1 is 1.58 bits per heavy atom. The van der Waals surface area contributed by atoms with Gasteiger partial charge >= 0.3 is 0 Å². The zero-order chi connectivity index (χ0) is 14.0. The highest BCUT2D eigenvalue weighted by Crippen LogP contribution is 2.29. The Labute approximate surface area is 118 Å². The monoisotopic (exact) mass is 328 g/mol. The van der Waals surface area contributed by atoms with Gasteiger partial charge in [-0.05, 0) is 28.9 Å². The fourth-order valence-electron chi connectivity index (χ4n) is 2.01. The second kappa shape index (κ2) is 5.66. The second-order valence-corrected chi connectivity index (χ2v) is 5.11. The minimum Gasteiger partial charge on any atom is -0.377 e. The molecule has 6 nitrogen and oxygen atoms in total. The van der Waals surface area contributed by atoms with Gasteiger partial charge in [-0.3, -0.25) is 14.9 Å². The summed E-state index contributed by atoms with van der Waals surface area (Å²) in [7, 11) is 0. The minimum atomic E-state index is -0.510. The van der Waals surface area contributed by atoms with Gasteiger partial charge in [0.05, 0.1) is 29.7 Å². The van der Waals surface area contributed by atoms with E-state index >= 15 is 0 Å². The molecule has 19 heavy (non-hydrogen) atoms. The Balaban J connectivity index is 2.33. The first kappa shape index (κ1) is 14.0. The van der Waals surface area contributed by atoms with Crippen LogP contribution in [0.4, 0.5) is 5.69 Å². The lowest BCUT2D eigenvalue weighted by Crippen LogP contribution is -2.47. The molecule has 1 fully saturated rings. The average molecular weight is 329 g/mol. The van der Waals surface area contributed by atoms with Crippen molar-refractivity contribution in [2.45, 2.75) is 13.0 Å². The van der Waals surface area contributed by atoms with E-state index in [9.17, 15) is 14.9 Å². The van der Waals surface area contributed by atoms with E-state index < -0.39 is 4.92 Å². The van der Waals surface area contributed by atoms with Crippen molar-refractivity contribution in [2.24, 2.45) is 0 Å². The molecule has 0 spiro atoms. The molecule has 0 N–H and O–H groups in total. The summed E-state index contributed by atoms with van der Waals surface area (Å²) >= 11 is 3.15. The number of nitro groups is 1. The molecule has 1 aliphatic heterocycles. The van der Waals surface area contributed by atoms with Crippen molar-refractivity contribution in [3.05, 3.63) is 38.3 Å². The maximum atomic E-state index is 12.4. The number of hydrogen-bond acceptors (Lipinski definition) is 4. The molecule has 0 radical (unpaired) electrons. The van der Waals surface area contributed by atoms with Crippen molar-refractivity contribution in [3.8, 4) is 0 Å². The van der Waals surface area contributed by atoms with Gasteiger partial charge in [0.25, 0.3) is 11.6 Å². The van der Waals surface area contributed by atoms with Crippen LogP contribution in [-0.4, -0.2) is 41.5 Å². The van der Waals surface area contributed by atoms with Crippen LogP contribution in [0.3, 0.4) is 0 Å². The van der Waals surface area contributed by atoms with E-state index in [0.717, 1.165) is 0 Å². The second-order valence-electron chi connectivity index (χ2n) is 4.32. The molecule has 1 aliphatic rings. The van der Waals surface area contributed by atoms with Crippen LogP contribution in [0.2, 0.25) is 0 Å². The predicted octanol–water partition coefficient (Wildman–Crippen LogP) is 2.22. The van der Waals surface area contributed by atoms with Crippen LogP contribution in [0.15, 0.2) is 22.7 Å². The highest BCUT2D eigenvalue weighted by Gasteiger charge is 2.28. The SMILES string of the molecule is CC1COCCN1C(=O)c1cccc([N+](=O)[O-])c1Br. The summed E-state index contributed by atoms with van der Waals surface area (Å²) in [6.07, 6.45) is 0. The van der Waals surface area contributed by atoms with E-state index in [1.54, 1.807) is 11.0 Å². The Hall–Kier alpha value is -1.47. The molecular formula is C12H13BrN2O4. The number of benzene rings is 1. The topological polar surface area (TPSA) is 72.7 Å². The lowest BCUT2D eigenvalue weighted by atomic mass is 10.1. The van der Waals surface area contributed by atoms with Gasteiger partial charge < -0.3 is 9.64 Å². The fraction of sp³-hybridized carbons (Fsp3) is 0.417. The van der Waals surface area contributed by atoms with Gasteiger partial charge in [-0.2, -0.15) is 0 Å². The van der Waals surface area contributed by atoms with Gasteiger partial charge in [-0.25, -0.2) is 0 Å². The van der Waals surface area contributed by atoms with Crippen LogP contribution in [0, 0.1) is 10.1 Å². The number of nitro benzene ring substituents is 1. The Morgan fingerprint density at radius 2 is 2.32 bits per heavy atom. The molecule has 102 valence electrons. The predicted molar refractivity (Wildman–Crippen MR) is 72.1 cm³/mol. The van der Waals surface area contributed by atoms with Gasteiger partial charge in [0, 0.05) is 12.6 Å². The van der Waals surface area contributed by atoms with Gasteiger partial charge in [0.15, 0.2) is 0 Å². The summed E-state index contributed by atoms with van der Waals surface area (Å²) in [5.74, 6) is -0.216. The molecular weight excluding hydrogens is 316 g/mol. The van der Waals surface area contributed by atoms with Gasteiger partial charge in [0.1, 0.15) is 4.47 Å². The summed E-state index contributed by atoms with van der Waals surface area (Å²) in [4.78, 5) is 24.5. The van der Waals surface area contributed by atoms with Crippen molar-refractivity contribution < 1.29 is 14.5 Å². The van der Waals surface area contributed by atoms with Gasteiger partial charge in [-0.15, -0.1) is 0 Å². The Bertz CT molecular complexity index is 520. The summed E-state index contributed by atoms with van der Waals surface area (Å²) in [5, 5.41) is 10.9. The number of morpholine rings is 1. The Morgan fingerprint density at radius 3 is 2.95 bits per heavy atom. The highest BCUT2D eigenvalue weighted by atomic mass is 79.9. The van der Waals surface area contributed by atoms with E-state index in [-0.39, 0.29) is 22.1 Å². The van der Waals surface area contributed by atoms with Crippen molar-refractivity contribution in [2.75, 3.05) is 19.8 Å². The average Bonchev–Trinajstić information content (AvgIpc) is 2.38. The third-order valence-corrected chi connectivity index (χ3v) is 3.87. The maximum Gasteiger partial charge on any atom is 0.284 e. The first-order valence-corrected chi connectivity index (χ1v) is 6.63. The normalized spacial score (nSPS) is 19.3. The first-order chi connectivity index (χ1) is 9.02. The minimum absolute atomic E-state index is 0.0348. The zero-order valence-corrected chi connectivity index (χ0v) is 11.9. The lowest BCUT2D eigenvalue weighted by Gasteiger charge is -2.33. The summed E-state index contributed by atoms with van der Waals surface area (Å²) < 4.78 is 5.50. The van der Waals surface area contributed by atoms with Gasteiger partial charge in [-0.1, -0.05) is 6.07 Å². The third-order valence-electron chi connectivity index (χ3n) is 3.03. The highest BCUT2D eigenvalue weighted by molar-refractivity contribution is 9.10. The van der Waals surface area contributed by atoms with E-state index in [0.29, 0.717) is 25.3 Å². The smallest absolute Gasteiger partial charge is 0.284 e. The number of nitrogens with zero attached hydrogens (tertiary/aromatic N) is 2. The first-order valence-electron chi connectivity index (χ1n) is 5.84. The molecule has 1 aromatic carbocycles. The molecule has 0 bridgehead atoms. The van der Waals surface area contributed by atoms with Crippen LogP contribution < -0.4 is 0 Å². The Kier molecular flexibility index (Phi) is 4.16. The van der Waals surface area contributed by atoms with Crippen molar-refractivity contribution in [3.63, 3.8) is 0 Å². The van der Waals surface area contributed by atoms with Crippen LogP contribution in [0.5, 0.6) is 0 Å². The van der Waals surface area contributed by atoms with E-state index in [1.807, 2.05) is 6.92 Å². The van der Waals surface area contributed by atoms with Gasteiger partial charge in [0.2, 0.25) is 0 Å². The largest absolute Gasteiger partial charge is 0.377 e. The molecule has 0 aliphatic carbocycles. The summed E-state index contributed by atoms with van der Waals surface area (Å²) in [5.41, 5.74) is 0.203. The number of halogens is 1. The van der Waals surface area contributed by atoms with E-state index in [1.165, 1.54) is 12.1 Å². The molecule has 0 aromatic heterocycles. The van der Waals surface area contributed by atoms with E-state index in [4.69, 9.17) is 4.74 Å². The standard InChI is InChI=1S/C12H13BrN2O4/c1-8-7-19-6-5-14(8)12(16)9-3-2-4-10(11(9)13)15(17)18/h2-4,8H,5-7H2,1H3. The van der Waals surface area contributed by atoms with Crippen molar-refractivity contribution in [1.82, 2.24) is 4.90 Å². The number of hydrogen-bond donors (Lipinski definition) is 0. The molecule has 0 saturated carbocycles. The molecule has 7 heteroatoms. The fourth-order valence-corrected chi connectivity index (χ4v) is 2.59. The quantitative estimate of drug-likeness (QED) is 0.616. The third kappa shape index (κ3) is 2.76. The van der Waals surface area contributed by atoms with Crippen molar-refractivity contribution >= 4 is 27.5 Å². The molecule has 1 amide bonds. The molecule has 1 saturated heterocycles. The van der Waals surface area contributed by atoms with Crippen LogP contribution in [0.25, 0.3) is 0 Å². The molecule has 1 heterocycles. The molecule has 1 aromatic rings.